The lowest BCUT2D eigenvalue weighted by Crippen LogP contribution is -2.27. The van der Waals surface area contributed by atoms with Crippen molar-refractivity contribution in [2.75, 3.05) is 4.90 Å². The molecule has 0 radical (unpaired) electrons. The van der Waals surface area contributed by atoms with Crippen molar-refractivity contribution in [3.63, 3.8) is 0 Å². The predicted molar refractivity (Wildman–Crippen MR) is 93.0 cm³/mol. The quantitative estimate of drug-likeness (QED) is 0.442. The van der Waals surface area contributed by atoms with Gasteiger partial charge in [-0.05, 0) is 53.7 Å². The molecule has 0 atom stereocenters. The third kappa shape index (κ3) is 3.40. The lowest BCUT2D eigenvalue weighted by atomic mass is 10.2. The van der Waals surface area contributed by atoms with Crippen molar-refractivity contribution in [2.45, 2.75) is 0 Å². The molecule has 3 rings (SSSR count). The average molecular weight is 379 g/mol. The van der Waals surface area contributed by atoms with Crippen molar-refractivity contribution in [2.24, 2.45) is 0 Å². The van der Waals surface area contributed by atoms with Crippen molar-refractivity contribution in [1.82, 2.24) is 0 Å². The molecule has 1 saturated heterocycles. The summed E-state index contributed by atoms with van der Waals surface area (Å²) in [4.78, 5) is 35.8. The number of rotatable bonds is 3. The molecule has 2 aromatic carbocycles. The van der Waals surface area contributed by atoms with Gasteiger partial charge in [-0.15, -0.1) is 0 Å². The lowest BCUT2D eigenvalue weighted by molar-refractivity contribution is -0.384. The summed E-state index contributed by atoms with van der Waals surface area (Å²) >= 11 is 6.41. The molecule has 2 aromatic rings. The van der Waals surface area contributed by atoms with Crippen molar-refractivity contribution in [1.29, 1.82) is 0 Å². The van der Waals surface area contributed by atoms with Gasteiger partial charge in [0.2, 0.25) is 0 Å². The molecule has 0 aliphatic carbocycles. The number of halogens is 2. The van der Waals surface area contributed by atoms with Gasteiger partial charge in [0, 0.05) is 12.1 Å². The maximum atomic E-state index is 13.2. The molecular formula is C16H8ClFN2O4S. The van der Waals surface area contributed by atoms with Crippen LogP contribution in [0.5, 0.6) is 0 Å². The topological polar surface area (TPSA) is 80.5 Å². The molecule has 6 nitrogen and oxygen atoms in total. The van der Waals surface area contributed by atoms with Gasteiger partial charge in [0.05, 0.1) is 20.5 Å². The molecule has 25 heavy (non-hydrogen) atoms. The number of benzene rings is 2. The molecule has 1 aliphatic rings. The first-order valence-electron chi connectivity index (χ1n) is 6.84. The normalized spacial score (nSPS) is 15.9. The first-order valence-corrected chi connectivity index (χ1v) is 8.04. The van der Waals surface area contributed by atoms with Gasteiger partial charge >= 0.3 is 0 Å². The highest BCUT2D eigenvalue weighted by Gasteiger charge is 2.36. The number of nitrogens with zero attached hydrogens (tertiary/aromatic N) is 2. The van der Waals surface area contributed by atoms with E-state index in [-0.39, 0.29) is 21.3 Å². The Morgan fingerprint density at radius 2 is 1.84 bits per heavy atom. The van der Waals surface area contributed by atoms with Crippen LogP contribution in [-0.2, 0) is 4.79 Å². The molecule has 2 amide bonds. The second-order valence-electron chi connectivity index (χ2n) is 4.96. The van der Waals surface area contributed by atoms with Crippen LogP contribution in [0.2, 0.25) is 5.02 Å². The fourth-order valence-corrected chi connectivity index (χ4v) is 3.17. The molecular weight excluding hydrogens is 371 g/mol. The zero-order valence-corrected chi connectivity index (χ0v) is 13.9. The second-order valence-corrected chi connectivity index (χ2v) is 6.36. The molecule has 0 N–H and O–H groups in total. The number of thioether (sulfide) groups is 1. The van der Waals surface area contributed by atoms with E-state index in [1.165, 1.54) is 42.5 Å². The maximum absolute atomic E-state index is 13.2. The molecule has 1 fully saturated rings. The van der Waals surface area contributed by atoms with Crippen molar-refractivity contribution in [3.8, 4) is 0 Å². The van der Waals surface area contributed by atoms with E-state index in [0.717, 1.165) is 22.7 Å². The molecule has 1 heterocycles. The van der Waals surface area contributed by atoms with Crippen LogP contribution in [-0.4, -0.2) is 16.1 Å². The number of anilines is 1. The Balaban J connectivity index is 1.90. The summed E-state index contributed by atoms with van der Waals surface area (Å²) in [5, 5.41) is 9.91. The van der Waals surface area contributed by atoms with Crippen LogP contribution >= 0.6 is 23.4 Å². The Morgan fingerprint density at radius 1 is 1.16 bits per heavy atom. The monoisotopic (exact) mass is 378 g/mol. The van der Waals surface area contributed by atoms with Crippen molar-refractivity contribution in [3.05, 3.63) is 73.9 Å². The van der Waals surface area contributed by atoms with Gasteiger partial charge in [-0.3, -0.25) is 19.7 Å². The van der Waals surface area contributed by atoms with E-state index in [0.29, 0.717) is 5.56 Å². The predicted octanol–water partition coefficient (Wildman–Crippen LogP) is 4.63. The zero-order valence-electron chi connectivity index (χ0n) is 12.3. The summed E-state index contributed by atoms with van der Waals surface area (Å²) in [7, 11) is 0. The smallest absolute Gasteiger partial charge is 0.268 e. The van der Waals surface area contributed by atoms with E-state index in [1.807, 2.05) is 0 Å². The number of amides is 2. The molecule has 1 aliphatic heterocycles. The molecule has 0 aromatic heterocycles. The van der Waals surface area contributed by atoms with Crippen LogP contribution in [0.15, 0.2) is 47.4 Å². The Labute approximate surface area is 150 Å². The molecule has 0 spiro atoms. The average Bonchev–Trinajstić information content (AvgIpc) is 2.85. The first-order chi connectivity index (χ1) is 11.9. The van der Waals surface area contributed by atoms with E-state index in [9.17, 15) is 24.1 Å². The fraction of sp³-hybridized carbons (Fsp3) is 0. The first kappa shape index (κ1) is 17.1. The number of carbonyl (C=O) groups is 2. The molecule has 0 bridgehead atoms. The molecule has 9 heteroatoms. The fourth-order valence-electron chi connectivity index (χ4n) is 2.16. The third-order valence-electron chi connectivity index (χ3n) is 3.36. The van der Waals surface area contributed by atoms with Crippen LogP contribution in [0.4, 0.5) is 20.6 Å². The van der Waals surface area contributed by atoms with Gasteiger partial charge in [0.15, 0.2) is 0 Å². The van der Waals surface area contributed by atoms with Gasteiger partial charge < -0.3 is 0 Å². The van der Waals surface area contributed by atoms with Gasteiger partial charge in [0.1, 0.15) is 5.82 Å². The number of non-ortho nitro benzene ring substituents is 1. The van der Waals surface area contributed by atoms with Gasteiger partial charge in [-0.2, -0.15) is 0 Å². The van der Waals surface area contributed by atoms with E-state index < -0.39 is 21.9 Å². The Morgan fingerprint density at radius 3 is 2.44 bits per heavy atom. The highest BCUT2D eigenvalue weighted by atomic mass is 35.5. The van der Waals surface area contributed by atoms with E-state index in [4.69, 9.17) is 11.6 Å². The largest absolute Gasteiger partial charge is 0.298 e. The van der Waals surface area contributed by atoms with E-state index in [2.05, 4.69) is 0 Å². The highest BCUT2D eigenvalue weighted by Crippen LogP contribution is 2.36. The highest BCUT2D eigenvalue weighted by molar-refractivity contribution is 8.19. The second kappa shape index (κ2) is 6.66. The minimum Gasteiger partial charge on any atom is -0.268 e. The van der Waals surface area contributed by atoms with E-state index in [1.54, 1.807) is 0 Å². The van der Waals surface area contributed by atoms with Gasteiger partial charge in [-0.1, -0.05) is 11.6 Å². The van der Waals surface area contributed by atoms with Crippen LogP contribution in [0.25, 0.3) is 6.08 Å². The van der Waals surface area contributed by atoms with Crippen LogP contribution < -0.4 is 4.90 Å². The van der Waals surface area contributed by atoms with Crippen LogP contribution in [0, 0.1) is 15.9 Å². The Kier molecular flexibility index (Phi) is 4.56. The standard InChI is InChI=1S/C16H8ClFN2O4S/c17-12-8-11(5-6-13(12)18)19-15(21)14(25-16(19)22)7-9-1-3-10(4-2-9)20(23)24/h1-8H/b14-7-. The lowest BCUT2D eigenvalue weighted by Gasteiger charge is -2.12. The summed E-state index contributed by atoms with van der Waals surface area (Å²) in [6.07, 6.45) is 1.46. The number of carbonyl (C=O) groups excluding carboxylic acids is 2. The summed E-state index contributed by atoms with van der Waals surface area (Å²) in [6, 6.07) is 9.10. The van der Waals surface area contributed by atoms with Gasteiger partial charge in [0.25, 0.3) is 16.8 Å². The summed E-state index contributed by atoms with van der Waals surface area (Å²) in [5.41, 5.74) is 0.625. The van der Waals surface area contributed by atoms with Crippen LogP contribution in [0.3, 0.4) is 0 Å². The number of nitro benzene ring substituents is 1. The maximum Gasteiger partial charge on any atom is 0.298 e. The number of hydrogen-bond donors (Lipinski definition) is 0. The summed E-state index contributed by atoms with van der Waals surface area (Å²) in [6.45, 7) is 0. The van der Waals surface area contributed by atoms with Crippen molar-refractivity contribution < 1.29 is 18.9 Å². The molecule has 0 unspecified atom stereocenters. The van der Waals surface area contributed by atoms with Gasteiger partial charge in [-0.25, -0.2) is 9.29 Å². The summed E-state index contributed by atoms with van der Waals surface area (Å²) < 4.78 is 13.2. The SMILES string of the molecule is O=C1S/C(=C\c2ccc([N+](=O)[O-])cc2)C(=O)N1c1ccc(F)c(Cl)c1. The molecule has 0 saturated carbocycles. The molecule has 126 valence electrons. The minimum atomic E-state index is -0.654. The van der Waals surface area contributed by atoms with Crippen LogP contribution in [0.1, 0.15) is 5.56 Å². The minimum absolute atomic E-state index is 0.0776. The van der Waals surface area contributed by atoms with Crippen molar-refractivity contribution >= 4 is 52.0 Å². The number of hydrogen-bond acceptors (Lipinski definition) is 5. The zero-order chi connectivity index (χ0) is 18.1. The third-order valence-corrected chi connectivity index (χ3v) is 4.52. The Hall–Kier alpha value is -2.71. The Bertz CT molecular complexity index is 930. The summed E-state index contributed by atoms with van der Waals surface area (Å²) in [5.74, 6) is -1.23. The number of imide groups is 1. The van der Waals surface area contributed by atoms with E-state index >= 15 is 0 Å². The number of nitro groups is 1.